The second kappa shape index (κ2) is 5.13. The lowest BCUT2D eigenvalue weighted by Crippen LogP contribution is -2.56. The quantitative estimate of drug-likeness (QED) is 0.790. The van der Waals surface area contributed by atoms with Gasteiger partial charge in [-0.15, -0.1) is 0 Å². The summed E-state index contributed by atoms with van der Waals surface area (Å²) in [5, 5.41) is 0. The molecular weight excluding hydrogens is 242 g/mol. The SMILES string of the molecule is Nc1cncc(C(=O)N2CCN3CCCCC3C2)n1. The largest absolute Gasteiger partial charge is 0.382 e. The van der Waals surface area contributed by atoms with Crippen LogP contribution in [-0.4, -0.2) is 57.9 Å². The molecule has 1 atom stereocenters. The van der Waals surface area contributed by atoms with E-state index in [-0.39, 0.29) is 5.91 Å². The Morgan fingerprint density at radius 2 is 2.16 bits per heavy atom. The zero-order chi connectivity index (χ0) is 13.2. The van der Waals surface area contributed by atoms with Crippen LogP contribution >= 0.6 is 0 Å². The first-order valence-corrected chi connectivity index (χ1v) is 6.85. The maximum Gasteiger partial charge on any atom is 0.274 e. The topological polar surface area (TPSA) is 75.3 Å². The summed E-state index contributed by atoms with van der Waals surface area (Å²) in [6.45, 7) is 3.71. The lowest BCUT2D eigenvalue weighted by Gasteiger charge is -2.43. The van der Waals surface area contributed by atoms with Crippen molar-refractivity contribution >= 4 is 11.7 Å². The van der Waals surface area contributed by atoms with Gasteiger partial charge in [0.2, 0.25) is 0 Å². The summed E-state index contributed by atoms with van der Waals surface area (Å²) in [6, 6.07) is 0.514. The third-order valence-electron chi connectivity index (χ3n) is 4.00. The molecule has 0 radical (unpaired) electrons. The molecule has 0 spiro atoms. The standard InChI is InChI=1S/C13H19N5O/c14-12-8-15-7-11(16-12)13(19)18-6-5-17-4-2-1-3-10(17)9-18/h7-8,10H,1-6,9H2,(H2,14,16). The number of piperidine rings is 1. The van der Waals surface area contributed by atoms with E-state index in [0.717, 1.165) is 19.6 Å². The smallest absolute Gasteiger partial charge is 0.274 e. The average molecular weight is 261 g/mol. The zero-order valence-electron chi connectivity index (χ0n) is 11.0. The van der Waals surface area contributed by atoms with Crippen molar-refractivity contribution in [3.63, 3.8) is 0 Å². The van der Waals surface area contributed by atoms with E-state index in [1.165, 1.54) is 38.2 Å². The number of nitrogens with zero attached hydrogens (tertiary/aromatic N) is 4. The fraction of sp³-hybridized carbons (Fsp3) is 0.615. The second-order valence-corrected chi connectivity index (χ2v) is 5.27. The number of fused-ring (bicyclic) bond motifs is 1. The van der Waals surface area contributed by atoms with E-state index in [0.29, 0.717) is 17.6 Å². The number of hydrogen-bond acceptors (Lipinski definition) is 5. The van der Waals surface area contributed by atoms with E-state index >= 15 is 0 Å². The summed E-state index contributed by atoms with van der Waals surface area (Å²) in [4.78, 5) is 24.8. The van der Waals surface area contributed by atoms with E-state index < -0.39 is 0 Å². The van der Waals surface area contributed by atoms with Gasteiger partial charge in [0, 0.05) is 25.7 Å². The molecule has 0 saturated carbocycles. The number of hydrogen-bond donors (Lipinski definition) is 1. The van der Waals surface area contributed by atoms with Crippen molar-refractivity contribution in [2.45, 2.75) is 25.3 Å². The zero-order valence-corrected chi connectivity index (χ0v) is 11.0. The van der Waals surface area contributed by atoms with Gasteiger partial charge in [-0.05, 0) is 19.4 Å². The van der Waals surface area contributed by atoms with Crippen LogP contribution in [0.4, 0.5) is 5.82 Å². The number of carbonyl (C=O) groups excluding carboxylic acids is 1. The summed E-state index contributed by atoms with van der Waals surface area (Å²) in [6.07, 6.45) is 6.68. The molecule has 6 heteroatoms. The Bertz CT molecular complexity index is 478. The van der Waals surface area contributed by atoms with Gasteiger partial charge >= 0.3 is 0 Å². The molecule has 2 aliphatic rings. The maximum absolute atomic E-state index is 12.4. The van der Waals surface area contributed by atoms with E-state index in [1.807, 2.05) is 4.90 Å². The van der Waals surface area contributed by atoms with Crippen LogP contribution < -0.4 is 5.73 Å². The van der Waals surface area contributed by atoms with Crippen LogP contribution in [-0.2, 0) is 0 Å². The first-order valence-electron chi connectivity index (χ1n) is 6.85. The molecule has 2 saturated heterocycles. The van der Waals surface area contributed by atoms with E-state index in [1.54, 1.807) is 0 Å². The van der Waals surface area contributed by atoms with Gasteiger partial charge in [0.25, 0.3) is 5.91 Å². The van der Waals surface area contributed by atoms with Gasteiger partial charge in [0.05, 0.1) is 12.4 Å². The molecule has 19 heavy (non-hydrogen) atoms. The minimum Gasteiger partial charge on any atom is -0.382 e. The van der Waals surface area contributed by atoms with Gasteiger partial charge in [0.15, 0.2) is 0 Å². The highest BCUT2D eigenvalue weighted by molar-refractivity contribution is 5.92. The van der Waals surface area contributed by atoms with Crippen LogP contribution in [0.5, 0.6) is 0 Å². The fourth-order valence-electron chi connectivity index (χ4n) is 2.99. The highest BCUT2D eigenvalue weighted by Crippen LogP contribution is 2.21. The van der Waals surface area contributed by atoms with Gasteiger partial charge in [0.1, 0.15) is 11.5 Å². The molecule has 1 amide bonds. The van der Waals surface area contributed by atoms with Gasteiger partial charge in [-0.1, -0.05) is 6.42 Å². The Labute approximate surface area is 112 Å². The highest BCUT2D eigenvalue weighted by Gasteiger charge is 2.31. The number of carbonyl (C=O) groups is 1. The van der Waals surface area contributed by atoms with E-state index in [2.05, 4.69) is 14.9 Å². The van der Waals surface area contributed by atoms with Crippen molar-refractivity contribution in [2.75, 3.05) is 31.9 Å². The predicted molar refractivity (Wildman–Crippen MR) is 71.6 cm³/mol. The molecule has 0 bridgehead atoms. The van der Waals surface area contributed by atoms with Crippen LogP contribution in [0.25, 0.3) is 0 Å². The average Bonchev–Trinajstić information content (AvgIpc) is 2.46. The molecule has 102 valence electrons. The molecule has 2 fully saturated rings. The molecule has 1 unspecified atom stereocenters. The highest BCUT2D eigenvalue weighted by atomic mass is 16.2. The fourth-order valence-corrected chi connectivity index (χ4v) is 2.99. The van der Waals surface area contributed by atoms with Crippen molar-refractivity contribution in [2.24, 2.45) is 0 Å². The number of nitrogens with two attached hydrogens (primary N) is 1. The van der Waals surface area contributed by atoms with Crippen molar-refractivity contribution in [1.29, 1.82) is 0 Å². The Hall–Kier alpha value is -1.69. The lowest BCUT2D eigenvalue weighted by atomic mass is 9.99. The molecule has 6 nitrogen and oxygen atoms in total. The minimum atomic E-state index is -0.0509. The molecule has 0 aromatic carbocycles. The summed E-state index contributed by atoms with van der Waals surface area (Å²) >= 11 is 0. The van der Waals surface area contributed by atoms with Crippen molar-refractivity contribution in [1.82, 2.24) is 19.8 Å². The number of amides is 1. The van der Waals surface area contributed by atoms with Gasteiger partial charge in [-0.2, -0.15) is 0 Å². The van der Waals surface area contributed by atoms with Gasteiger partial charge < -0.3 is 10.6 Å². The number of aromatic nitrogens is 2. The second-order valence-electron chi connectivity index (χ2n) is 5.27. The number of anilines is 1. The lowest BCUT2D eigenvalue weighted by molar-refractivity contribution is 0.0368. The first-order chi connectivity index (χ1) is 9.24. The van der Waals surface area contributed by atoms with E-state index in [4.69, 9.17) is 5.73 Å². The summed E-state index contributed by atoms with van der Waals surface area (Å²) in [5.41, 5.74) is 5.93. The monoisotopic (exact) mass is 261 g/mol. The Morgan fingerprint density at radius 1 is 1.26 bits per heavy atom. The Balaban J connectivity index is 1.71. The van der Waals surface area contributed by atoms with Crippen LogP contribution in [0.1, 0.15) is 29.8 Å². The molecular formula is C13H19N5O. The van der Waals surface area contributed by atoms with Gasteiger partial charge in [-0.3, -0.25) is 14.7 Å². The minimum absolute atomic E-state index is 0.0509. The summed E-state index contributed by atoms with van der Waals surface area (Å²) in [7, 11) is 0. The molecule has 2 N–H and O–H groups in total. The van der Waals surface area contributed by atoms with Gasteiger partial charge in [-0.25, -0.2) is 4.98 Å². The molecule has 0 aliphatic carbocycles. The van der Waals surface area contributed by atoms with Crippen molar-refractivity contribution in [3.05, 3.63) is 18.1 Å². The summed E-state index contributed by atoms with van der Waals surface area (Å²) < 4.78 is 0. The number of piperazine rings is 1. The van der Waals surface area contributed by atoms with Crippen molar-refractivity contribution in [3.8, 4) is 0 Å². The van der Waals surface area contributed by atoms with Crippen LogP contribution in [0.2, 0.25) is 0 Å². The normalized spacial score (nSPS) is 24.0. The third kappa shape index (κ3) is 2.53. The number of nitrogen functional groups attached to an aromatic ring is 1. The third-order valence-corrected chi connectivity index (χ3v) is 4.00. The predicted octanol–water partition coefficient (Wildman–Crippen LogP) is 0.369. The van der Waals surface area contributed by atoms with Crippen LogP contribution in [0, 0.1) is 0 Å². The van der Waals surface area contributed by atoms with Crippen LogP contribution in [0.3, 0.4) is 0 Å². The number of rotatable bonds is 1. The molecule has 2 aliphatic heterocycles. The van der Waals surface area contributed by atoms with E-state index in [9.17, 15) is 4.79 Å². The first kappa shape index (κ1) is 12.3. The molecule has 3 rings (SSSR count). The molecule has 1 aromatic heterocycles. The maximum atomic E-state index is 12.4. The van der Waals surface area contributed by atoms with Crippen LogP contribution in [0.15, 0.2) is 12.4 Å². The Kier molecular flexibility index (Phi) is 3.33. The van der Waals surface area contributed by atoms with Crippen molar-refractivity contribution < 1.29 is 4.79 Å². The molecule has 3 heterocycles. The summed E-state index contributed by atoms with van der Waals surface area (Å²) in [5.74, 6) is 0.243. The Morgan fingerprint density at radius 3 is 3.00 bits per heavy atom. The molecule has 1 aromatic rings.